The predicted molar refractivity (Wildman–Crippen MR) is 90.3 cm³/mol. The number of carbonyl (C=O) groups is 2. The molecular weight excluding hydrogens is 320 g/mol. The molecular formula is C20H22O5. The van der Waals surface area contributed by atoms with Gasteiger partial charge in [0.25, 0.3) is 0 Å². The molecule has 1 saturated carbocycles. The van der Waals surface area contributed by atoms with Gasteiger partial charge < -0.3 is 14.6 Å². The van der Waals surface area contributed by atoms with E-state index >= 15 is 0 Å². The smallest absolute Gasteiger partial charge is 0.326 e. The van der Waals surface area contributed by atoms with Gasteiger partial charge in [-0.05, 0) is 42.5 Å². The van der Waals surface area contributed by atoms with Crippen LogP contribution in [0.3, 0.4) is 0 Å². The third-order valence-electron chi connectivity index (χ3n) is 6.40. The maximum atomic E-state index is 12.6. The Labute approximate surface area is 146 Å². The van der Waals surface area contributed by atoms with Crippen LogP contribution in [-0.2, 0) is 20.7 Å². The van der Waals surface area contributed by atoms with Gasteiger partial charge in [0.15, 0.2) is 11.2 Å². The van der Waals surface area contributed by atoms with Crippen molar-refractivity contribution in [1.82, 2.24) is 0 Å². The quantitative estimate of drug-likeness (QED) is 0.507. The van der Waals surface area contributed by atoms with Crippen LogP contribution in [-0.4, -0.2) is 36.7 Å². The summed E-state index contributed by atoms with van der Waals surface area (Å²) >= 11 is 0. The number of fused-ring (bicyclic) bond motifs is 5. The summed E-state index contributed by atoms with van der Waals surface area (Å²) < 4.78 is 10.2. The van der Waals surface area contributed by atoms with E-state index < -0.39 is 17.0 Å². The molecule has 4 rings (SSSR count). The molecule has 0 bridgehead atoms. The average molecular weight is 342 g/mol. The zero-order chi connectivity index (χ0) is 17.8. The third-order valence-corrected chi connectivity index (χ3v) is 6.40. The molecule has 0 amide bonds. The number of Topliss-reactive ketones (excluding diaryl/α,β-unsaturated/α-hetero) is 1. The van der Waals surface area contributed by atoms with Crippen LogP contribution in [0.15, 0.2) is 30.4 Å². The maximum Gasteiger partial charge on any atom is 0.326 e. The van der Waals surface area contributed by atoms with E-state index in [1.54, 1.807) is 13.2 Å². The van der Waals surface area contributed by atoms with Crippen molar-refractivity contribution in [3.05, 3.63) is 41.5 Å². The van der Waals surface area contributed by atoms with E-state index in [1.807, 2.05) is 24.3 Å². The van der Waals surface area contributed by atoms with E-state index in [0.717, 1.165) is 24.2 Å². The van der Waals surface area contributed by atoms with Crippen LogP contribution in [0.2, 0.25) is 0 Å². The van der Waals surface area contributed by atoms with Crippen LogP contribution in [0.5, 0.6) is 5.75 Å². The third kappa shape index (κ3) is 1.93. The van der Waals surface area contributed by atoms with Gasteiger partial charge in [0.1, 0.15) is 5.75 Å². The Morgan fingerprint density at radius 1 is 1.28 bits per heavy atom. The molecule has 0 radical (unpaired) electrons. The number of aryl methyl sites for hydroxylation is 1. The lowest BCUT2D eigenvalue weighted by molar-refractivity contribution is -0.174. The van der Waals surface area contributed by atoms with Crippen molar-refractivity contribution in [3.63, 3.8) is 0 Å². The highest BCUT2D eigenvalue weighted by molar-refractivity contribution is 6.09. The standard InChI is InChI=1S/C20H22O5/c1-24-13-4-5-14-12(11-13)3-6-16-15(14)7-9-19(18(22)25-2)17(21)8-10-20(16,19)23/h4-5,7,9,11,15-16,23H,3,6,8,10H2,1-2H3/t15-,16-,19-,20+/m1/s1. The van der Waals surface area contributed by atoms with Gasteiger partial charge in [-0.25, -0.2) is 0 Å². The summed E-state index contributed by atoms with van der Waals surface area (Å²) in [5.41, 5.74) is -0.593. The van der Waals surface area contributed by atoms with Crippen molar-refractivity contribution >= 4 is 11.8 Å². The van der Waals surface area contributed by atoms with E-state index in [4.69, 9.17) is 9.47 Å². The normalized spacial score (nSPS) is 35.6. The SMILES string of the molecule is COC(=O)[C@]12C=C[C@@H]3c4ccc(OC)cc4CC[C@H]3[C@@]1(O)CCC2=O. The Hall–Kier alpha value is -2.14. The zero-order valence-corrected chi connectivity index (χ0v) is 14.5. The summed E-state index contributed by atoms with van der Waals surface area (Å²) in [6.45, 7) is 0. The van der Waals surface area contributed by atoms with E-state index in [9.17, 15) is 14.7 Å². The van der Waals surface area contributed by atoms with Crippen molar-refractivity contribution < 1.29 is 24.2 Å². The number of benzene rings is 1. The zero-order valence-electron chi connectivity index (χ0n) is 14.5. The Bertz CT molecular complexity index is 782. The van der Waals surface area contributed by atoms with Crippen molar-refractivity contribution in [2.24, 2.45) is 11.3 Å². The molecule has 3 aliphatic rings. The molecule has 1 aromatic carbocycles. The highest BCUT2D eigenvalue weighted by Gasteiger charge is 2.69. The highest BCUT2D eigenvalue weighted by atomic mass is 16.5. The highest BCUT2D eigenvalue weighted by Crippen LogP contribution is 2.59. The lowest BCUT2D eigenvalue weighted by atomic mass is 9.55. The molecule has 0 spiro atoms. The van der Waals surface area contributed by atoms with Gasteiger partial charge in [-0.1, -0.05) is 18.2 Å². The van der Waals surface area contributed by atoms with E-state index in [-0.39, 0.29) is 24.0 Å². The first kappa shape index (κ1) is 16.3. The van der Waals surface area contributed by atoms with Crippen LogP contribution in [0, 0.1) is 11.3 Å². The molecule has 5 nitrogen and oxygen atoms in total. The van der Waals surface area contributed by atoms with Crippen molar-refractivity contribution in [3.8, 4) is 5.75 Å². The minimum Gasteiger partial charge on any atom is -0.497 e. The fraction of sp³-hybridized carbons (Fsp3) is 0.500. The second-order valence-electron chi connectivity index (χ2n) is 7.24. The van der Waals surface area contributed by atoms with Gasteiger partial charge in [0, 0.05) is 18.3 Å². The first-order valence-electron chi connectivity index (χ1n) is 8.68. The molecule has 0 saturated heterocycles. The number of hydrogen-bond acceptors (Lipinski definition) is 5. The van der Waals surface area contributed by atoms with Crippen molar-refractivity contribution in [1.29, 1.82) is 0 Å². The summed E-state index contributed by atoms with van der Waals surface area (Å²) in [7, 11) is 2.91. The van der Waals surface area contributed by atoms with E-state index in [1.165, 1.54) is 12.7 Å². The van der Waals surface area contributed by atoms with E-state index in [2.05, 4.69) is 0 Å². The van der Waals surface area contributed by atoms with Gasteiger partial charge in [-0.2, -0.15) is 0 Å². The number of allylic oxidation sites excluding steroid dienone is 1. The van der Waals surface area contributed by atoms with Crippen LogP contribution in [0.4, 0.5) is 0 Å². The topological polar surface area (TPSA) is 72.8 Å². The van der Waals surface area contributed by atoms with Crippen LogP contribution < -0.4 is 4.74 Å². The molecule has 25 heavy (non-hydrogen) atoms. The van der Waals surface area contributed by atoms with Gasteiger partial charge in [-0.15, -0.1) is 0 Å². The number of rotatable bonds is 2. The van der Waals surface area contributed by atoms with Gasteiger partial charge >= 0.3 is 5.97 Å². The number of ketones is 1. The monoisotopic (exact) mass is 342 g/mol. The molecule has 5 heteroatoms. The average Bonchev–Trinajstić information content (AvgIpc) is 2.92. The largest absolute Gasteiger partial charge is 0.497 e. The number of methoxy groups -OCH3 is 2. The second-order valence-corrected chi connectivity index (χ2v) is 7.24. The molecule has 3 aliphatic carbocycles. The number of ether oxygens (including phenoxy) is 2. The molecule has 132 valence electrons. The number of aliphatic hydroxyl groups is 1. The van der Waals surface area contributed by atoms with Gasteiger partial charge in [0.2, 0.25) is 0 Å². The number of esters is 1. The minimum atomic E-state index is -1.55. The first-order valence-corrected chi connectivity index (χ1v) is 8.68. The molecule has 4 atom stereocenters. The van der Waals surface area contributed by atoms with Crippen molar-refractivity contribution in [2.45, 2.75) is 37.2 Å². The first-order chi connectivity index (χ1) is 12.0. The minimum absolute atomic E-state index is 0.0108. The van der Waals surface area contributed by atoms with Crippen molar-refractivity contribution in [2.75, 3.05) is 14.2 Å². The summed E-state index contributed by atoms with van der Waals surface area (Å²) in [6, 6.07) is 5.98. The predicted octanol–water partition coefficient (Wildman–Crippen LogP) is 2.16. The second kappa shape index (κ2) is 5.43. The lowest BCUT2D eigenvalue weighted by Crippen LogP contribution is -2.60. The number of hydrogen-bond donors (Lipinski definition) is 1. The Morgan fingerprint density at radius 2 is 2.08 bits per heavy atom. The van der Waals surface area contributed by atoms with Gasteiger partial charge in [0.05, 0.1) is 19.8 Å². The van der Waals surface area contributed by atoms with Gasteiger partial charge in [-0.3, -0.25) is 9.59 Å². The van der Waals surface area contributed by atoms with Crippen LogP contribution in [0.25, 0.3) is 0 Å². The Kier molecular flexibility index (Phi) is 3.55. The number of carbonyl (C=O) groups excluding carboxylic acids is 2. The Morgan fingerprint density at radius 3 is 2.80 bits per heavy atom. The summed E-state index contributed by atoms with van der Waals surface area (Å²) in [6.07, 6.45) is 5.54. The molecule has 0 unspecified atom stereocenters. The molecule has 1 fully saturated rings. The van der Waals surface area contributed by atoms with Crippen LogP contribution >= 0.6 is 0 Å². The fourth-order valence-electron chi connectivity index (χ4n) is 5.15. The molecule has 0 aliphatic heterocycles. The summed E-state index contributed by atoms with van der Waals surface area (Å²) in [5, 5.41) is 11.6. The molecule has 1 N–H and O–H groups in total. The summed E-state index contributed by atoms with van der Waals surface area (Å²) in [5.74, 6) is -0.257. The lowest BCUT2D eigenvalue weighted by Gasteiger charge is -2.50. The Balaban J connectivity index is 1.85. The fourth-order valence-corrected chi connectivity index (χ4v) is 5.15. The maximum absolute atomic E-state index is 12.6. The molecule has 0 aromatic heterocycles. The van der Waals surface area contributed by atoms with E-state index in [0.29, 0.717) is 6.42 Å². The molecule has 1 aromatic rings. The summed E-state index contributed by atoms with van der Waals surface area (Å²) in [4.78, 5) is 25.1. The molecule has 0 heterocycles. The van der Waals surface area contributed by atoms with Crippen LogP contribution in [0.1, 0.15) is 36.3 Å².